The first kappa shape index (κ1) is 18.6. The molecule has 2 aliphatic rings. The van der Waals surface area contributed by atoms with Crippen LogP contribution in [0.15, 0.2) is 60.5 Å². The van der Waals surface area contributed by atoms with Crippen LogP contribution in [-0.2, 0) is 6.54 Å². The number of hydrogen-bond acceptors (Lipinski definition) is 3. The van der Waals surface area contributed by atoms with E-state index in [0.29, 0.717) is 29.8 Å². The number of aromatic carboxylic acids is 1. The van der Waals surface area contributed by atoms with Gasteiger partial charge in [-0.1, -0.05) is 11.6 Å². The molecule has 2 aromatic rings. The molecule has 144 valence electrons. The van der Waals surface area contributed by atoms with Gasteiger partial charge in [0, 0.05) is 24.3 Å². The monoisotopic (exact) mass is 399 g/mol. The quantitative estimate of drug-likeness (QED) is 0.711. The van der Waals surface area contributed by atoms with Crippen molar-refractivity contribution in [3.05, 3.63) is 88.0 Å². The van der Waals surface area contributed by atoms with Crippen LogP contribution >= 0.6 is 11.6 Å². The fraction of sp³-hybridized carbons (Fsp3) is 0.227. The second-order valence-corrected chi connectivity index (χ2v) is 7.45. The topological polar surface area (TPSA) is 49.8 Å². The molecule has 0 unspecified atom stereocenters. The van der Waals surface area contributed by atoms with E-state index in [-0.39, 0.29) is 5.56 Å². The number of rotatable bonds is 6. The van der Waals surface area contributed by atoms with Crippen LogP contribution in [0.25, 0.3) is 0 Å². The number of nitrogens with zero attached hydrogens (tertiary/aromatic N) is 1. The summed E-state index contributed by atoms with van der Waals surface area (Å²) >= 11 is 5.88. The zero-order valence-corrected chi connectivity index (χ0v) is 15.8. The summed E-state index contributed by atoms with van der Waals surface area (Å²) in [6.45, 7) is 1.13. The predicted molar refractivity (Wildman–Crippen MR) is 105 cm³/mol. The van der Waals surface area contributed by atoms with Gasteiger partial charge in [0.25, 0.3) is 0 Å². The van der Waals surface area contributed by atoms with Crippen LogP contribution in [-0.4, -0.2) is 22.5 Å². The third kappa shape index (κ3) is 4.20. The molecule has 28 heavy (non-hydrogen) atoms. The molecule has 0 aromatic heterocycles. The molecule has 1 aliphatic heterocycles. The third-order valence-corrected chi connectivity index (χ3v) is 5.13. The summed E-state index contributed by atoms with van der Waals surface area (Å²) in [6.07, 6.45) is 7.76. The van der Waals surface area contributed by atoms with Crippen molar-refractivity contribution in [1.29, 1.82) is 0 Å². The minimum Gasteiger partial charge on any atom is -0.478 e. The van der Waals surface area contributed by atoms with Crippen molar-refractivity contribution in [2.75, 3.05) is 6.54 Å². The molecule has 1 N–H and O–H groups in total. The van der Waals surface area contributed by atoms with Crippen LogP contribution in [0.4, 0.5) is 4.39 Å². The molecule has 6 heteroatoms. The Hall–Kier alpha value is -2.79. The zero-order valence-electron chi connectivity index (χ0n) is 15.1. The smallest absolute Gasteiger partial charge is 0.338 e. The van der Waals surface area contributed by atoms with Gasteiger partial charge in [0.2, 0.25) is 0 Å². The van der Waals surface area contributed by atoms with Crippen molar-refractivity contribution in [2.45, 2.75) is 25.3 Å². The van der Waals surface area contributed by atoms with Crippen molar-refractivity contribution in [3.8, 4) is 5.75 Å². The minimum atomic E-state index is -1.23. The van der Waals surface area contributed by atoms with Crippen LogP contribution in [0.2, 0.25) is 5.02 Å². The highest BCUT2D eigenvalue weighted by Crippen LogP contribution is 2.42. The lowest BCUT2D eigenvalue weighted by Crippen LogP contribution is -2.21. The fourth-order valence-corrected chi connectivity index (χ4v) is 3.40. The lowest BCUT2D eigenvalue weighted by atomic mass is 9.99. The van der Waals surface area contributed by atoms with Gasteiger partial charge < -0.3 is 14.7 Å². The van der Waals surface area contributed by atoms with E-state index in [1.165, 1.54) is 12.1 Å². The number of allylic oxidation sites excluding steroid dienone is 1. The molecule has 0 saturated heterocycles. The zero-order chi connectivity index (χ0) is 19.7. The van der Waals surface area contributed by atoms with Gasteiger partial charge in [-0.15, -0.1) is 0 Å². The first-order chi connectivity index (χ1) is 13.5. The van der Waals surface area contributed by atoms with Crippen molar-refractivity contribution in [1.82, 2.24) is 4.90 Å². The van der Waals surface area contributed by atoms with Gasteiger partial charge in [0.1, 0.15) is 17.3 Å². The fourth-order valence-electron chi connectivity index (χ4n) is 3.27. The van der Waals surface area contributed by atoms with Gasteiger partial charge in [0.05, 0.1) is 5.56 Å². The molecule has 0 amide bonds. The van der Waals surface area contributed by atoms with Crippen molar-refractivity contribution in [2.24, 2.45) is 0 Å². The number of halogens is 2. The lowest BCUT2D eigenvalue weighted by molar-refractivity contribution is 0.0691. The maximum absolute atomic E-state index is 14.2. The van der Waals surface area contributed by atoms with Crippen LogP contribution in [0.1, 0.15) is 40.2 Å². The van der Waals surface area contributed by atoms with Crippen molar-refractivity contribution in [3.63, 3.8) is 0 Å². The highest BCUT2D eigenvalue weighted by atomic mass is 35.5. The largest absolute Gasteiger partial charge is 0.478 e. The highest BCUT2D eigenvalue weighted by Gasteiger charge is 2.28. The van der Waals surface area contributed by atoms with Gasteiger partial charge in [-0.2, -0.15) is 0 Å². The molecule has 1 saturated carbocycles. The number of carboxylic acid groups (broad SMARTS) is 1. The molecule has 4 nitrogen and oxygen atoms in total. The lowest BCUT2D eigenvalue weighted by Gasteiger charge is -2.24. The average molecular weight is 400 g/mol. The van der Waals surface area contributed by atoms with E-state index in [0.717, 1.165) is 29.7 Å². The van der Waals surface area contributed by atoms with E-state index in [9.17, 15) is 14.3 Å². The predicted octanol–water partition coefficient (Wildman–Crippen LogP) is 5.35. The summed E-state index contributed by atoms with van der Waals surface area (Å²) in [5.41, 5.74) is 1.53. The van der Waals surface area contributed by atoms with E-state index >= 15 is 0 Å². The first-order valence-corrected chi connectivity index (χ1v) is 9.49. The molecule has 2 aromatic carbocycles. The Morgan fingerprint density at radius 2 is 2.00 bits per heavy atom. The standard InChI is InChI=1S/C22H19ClFNO3/c23-16-3-5-17(6-4-16)28-18-7-9-25(10-8-18)13-15-11-21(24)20(22(26)27)12-19(15)14-1-2-14/h3-9,11-12,14H,1-2,10,13H2,(H,26,27). The molecule has 0 spiro atoms. The summed E-state index contributed by atoms with van der Waals surface area (Å²) in [5.74, 6) is -0.141. The highest BCUT2D eigenvalue weighted by molar-refractivity contribution is 6.30. The van der Waals surface area contributed by atoms with Crippen LogP contribution < -0.4 is 4.74 Å². The van der Waals surface area contributed by atoms with Gasteiger partial charge in [-0.05, 0) is 78.4 Å². The Balaban J connectivity index is 1.45. The van der Waals surface area contributed by atoms with Crippen molar-refractivity contribution >= 4 is 17.6 Å². The van der Waals surface area contributed by atoms with Gasteiger partial charge >= 0.3 is 5.97 Å². The van der Waals surface area contributed by atoms with Gasteiger partial charge in [-0.3, -0.25) is 0 Å². The van der Waals surface area contributed by atoms with Crippen LogP contribution in [0.5, 0.6) is 5.75 Å². The average Bonchev–Trinajstić information content (AvgIpc) is 3.50. The molecule has 1 fully saturated rings. The molecular weight excluding hydrogens is 381 g/mol. The second-order valence-electron chi connectivity index (χ2n) is 7.02. The maximum Gasteiger partial charge on any atom is 0.338 e. The van der Waals surface area contributed by atoms with E-state index in [1.807, 2.05) is 23.3 Å². The molecule has 1 heterocycles. The summed E-state index contributed by atoms with van der Waals surface area (Å²) in [6, 6.07) is 10.0. The Kier molecular flexibility index (Phi) is 5.09. The molecule has 0 atom stereocenters. The molecular formula is C22H19ClFNO3. The molecule has 0 bridgehead atoms. The number of carboxylic acids is 1. The number of ether oxygens (including phenoxy) is 1. The summed E-state index contributed by atoms with van der Waals surface area (Å²) < 4.78 is 20.0. The van der Waals surface area contributed by atoms with Crippen molar-refractivity contribution < 1.29 is 19.0 Å². The van der Waals surface area contributed by atoms with Gasteiger partial charge in [-0.25, -0.2) is 9.18 Å². The Bertz CT molecular complexity index is 964. The van der Waals surface area contributed by atoms with Crippen LogP contribution in [0, 0.1) is 5.82 Å². The van der Waals surface area contributed by atoms with Gasteiger partial charge in [0.15, 0.2) is 0 Å². The maximum atomic E-state index is 14.2. The Morgan fingerprint density at radius 1 is 1.25 bits per heavy atom. The molecule has 0 radical (unpaired) electrons. The minimum absolute atomic E-state index is 0.251. The van der Waals surface area contributed by atoms with E-state index in [1.54, 1.807) is 24.3 Å². The number of hydrogen-bond donors (Lipinski definition) is 1. The van der Waals surface area contributed by atoms with E-state index in [4.69, 9.17) is 16.3 Å². The second kappa shape index (κ2) is 7.68. The Labute approximate surface area is 167 Å². The van der Waals surface area contributed by atoms with E-state index < -0.39 is 11.8 Å². The van der Waals surface area contributed by atoms with Crippen LogP contribution in [0.3, 0.4) is 0 Å². The third-order valence-electron chi connectivity index (χ3n) is 4.88. The molecule has 4 rings (SSSR count). The Morgan fingerprint density at radius 3 is 2.61 bits per heavy atom. The summed E-state index contributed by atoms with van der Waals surface area (Å²) in [4.78, 5) is 13.3. The SMILES string of the molecule is O=C(O)c1cc(C2CC2)c(CN2C=CC(Oc3ccc(Cl)cc3)=CC2)cc1F. The number of carbonyl (C=O) groups is 1. The van der Waals surface area contributed by atoms with E-state index in [2.05, 4.69) is 0 Å². The first-order valence-electron chi connectivity index (χ1n) is 9.11. The normalized spacial score (nSPS) is 16.1. The molecule has 1 aliphatic carbocycles. The summed E-state index contributed by atoms with van der Waals surface area (Å²) in [7, 11) is 0. The summed E-state index contributed by atoms with van der Waals surface area (Å²) in [5, 5.41) is 9.83. The number of benzene rings is 2.